The number of hydrogen-bond acceptors (Lipinski definition) is 6. The molecule has 10 rings (SSSR count). The lowest BCUT2D eigenvalue weighted by molar-refractivity contribution is -0.366. The van der Waals surface area contributed by atoms with Crippen molar-refractivity contribution in [1.29, 1.82) is 0 Å². The van der Waals surface area contributed by atoms with Gasteiger partial charge in [0.2, 0.25) is 11.3 Å². The van der Waals surface area contributed by atoms with Crippen molar-refractivity contribution < 1.29 is 4.58 Å². The summed E-state index contributed by atoms with van der Waals surface area (Å²) in [6.45, 7) is 0. The molecule has 0 atom stereocenters. The number of aromatic nitrogens is 2. The molecule has 0 fully saturated rings. The largest absolute Gasteiger partial charge is 0.273 e. The van der Waals surface area contributed by atoms with Gasteiger partial charge in [-0.3, -0.25) is 0 Å². The Balaban J connectivity index is 1.48. The van der Waals surface area contributed by atoms with Gasteiger partial charge in [0.05, 0.1) is 18.2 Å². The molecule has 3 aromatic carbocycles. The van der Waals surface area contributed by atoms with Crippen LogP contribution in [-0.4, -0.2) is 44.3 Å². The van der Waals surface area contributed by atoms with Crippen molar-refractivity contribution in [3.8, 4) is 0 Å². The molecule has 0 saturated heterocycles. The fraction of sp³-hybridized carbons (Fsp3) is 0.0909. The summed E-state index contributed by atoms with van der Waals surface area (Å²) in [6, 6.07) is 24.7. The van der Waals surface area contributed by atoms with Crippen LogP contribution in [0.3, 0.4) is 0 Å². The third-order valence-corrected chi connectivity index (χ3v) is 8.60. The zero-order chi connectivity index (χ0) is 27.5. The van der Waals surface area contributed by atoms with E-state index < -0.39 is 0 Å². The Morgan fingerprint density at radius 1 is 0.595 bits per heavy atom. The van der Waals surface area contributed by atoms with Crippen LogP contribution in [0.1, 0.15) is 24.0 Å². The van der Waals surface area contributed by atoms with E-state index in [4.69, 9.17) is 25.0 Å². The van der Waals surface area contributed by atoms with Gasteiger partial charge in [-0.1, -0.05) is 82.8 Å². The summed E-state index contributed by atoms with van der Waals surface area (Å²) in [7, 11) is 2.05. The fourth-order valence-electron chi connectivity index (χ4n) is 6.66. The molecule has 1 N–H and O–H groups in total. The Bertz CT molecular complexity index is 2440. The van der Waals surface area contributed by atoms with Crippen LogP contribution in [-0.2, 0) is 0 Å². The molecule has 0 saturated carbocycles. The normalized spacial score (nSPS) is 17.7. The molecule has 0 radical (unpaired) electrons. The second-order valence-corrected chi connectivity index (χ2v) is 10.9. The molecule has 0 spiro atoms. The number of nitrogens with zero attached hydrogens (tertiary/aromatic N) is 8. The summed E-state index contributed by atoms with van der Waals surface area (Å²) in [6.07, 6.45) is 6.51. The van der Waals surface area contributed by atoms with E-state index in [-0.39, 0.29) is 0 Å². The van der Waals surface area contributed by atoms with Gasteiger partial charge in [-0.25, -0.2) is 25.1 Å². The van der Waals surface area contributed by atoms with Crippen LogP contribution >= 0.6 is 0 Å². The van der Waals surface area contributed by atoms with E-state index in [0.717, 1.165) is 90.9 Å². The minimum atomic E-state index is 0.630. The number of aliphatic imine (C=N–C) groups is 3. The van der Waals surface area contributed by atoms with E-state index in [1.165, 1.54) is 0 Å². The Morgan fingerprint density at radius 3 is 1.88 bits per heavy atom. The van der Waals surface area contributed by atoms with Gasteiger partial charge in [0.25, 0.3) is 11.7 Å². The zero-order valence-electron chi connectivity index (χ0n) is 22.6. The minimum Gasteiger partial charge on any atom is -0.229 e. The van der Waals surface area contributed by atoms with Crippen molar-refractivity contribution >= 4 is 56.5 Å². The van der Waals surface area contributed by atoms with Crippen molar-refractivity contribution in [2.45, 2.75) is 12.8 Å². The van der Waals surface area contributed by atoms with Crippen molar-refractivity contribution in [2.24, 2.45) is 25.0 Å². The maximum Gasteiger partial charge on any atom is 0.273 e. The van der Waals surface area contributed by atoms with Gasteiger partial charge < -0.3 is 0 Å². The second kappa shape index (κ2) is 7.73. The second-order valence-electron chi connectivity index (χ2n) is 10.9. The predicted octanol–water partition coefficient (Wildman–Crippen LogP) is 4.44. The SMILES string of the molecule is C[N+]1=C2N=c3c4ccccc4c4n3Nn3c(c5ccccc5c3N=C1C1=CCCC=C12)N=C1N=C(N=4)c2ccccc21. The lowest BCUT2D eigenvalue weighted by atomic mass is 9.98. The van der Waals surface area contributed by atoms with E-state index in [2.05, 4.69) is 65.7 Å². The van der Waals surface area contributed by atoms with Gasteiger partial charge in [-0.05, 0) is 25.0 Å². The van der Waals surface area contributed by atoms with E-state index in [0.29, 0.717) is 11.7 Å². The number of benzene rings is 3. The molecule has 1 aliphatic carbocycles. The molecule has 0 unspecified atom stereocenters. The van der Waals surface area contributed by atoms with Crippen LogP contribution in [0.5, 0.6) is 0 Å². The monoisotopic (exact) mass is 544 g/mol. The first kappa shape index (κ1) is 22.0. The number of likely N-dealkylation sites (N-methyl/N-ethyl adjacent to an activating group) is 1. The third-order valence-electron chi connectivity index (χ3n) is 8.60. The molecule has 4 aliphatic heterocycles. The molecule has 6 heterocycles. The Morgan fingerprint density at radius 2 is 1.17 bits per heavy atom. The maximum atomic E-state index is 5.37. The Hall–Kier alpha value is -5.70. The number of amidine groups is 4. The highest BCUT2D eigenvalue weighted by atomic mass is 15.7. The average molecular weight is 545 g/mol. The van der Waals surface area contributed by atoms with Crippen molar-refractivity contribution in [3.63, 3.8) is 0 Å². The number of hydrogen-bond donors (Lipinski definition) is 1. The first-order chi connectivity index (χ1) is 20.7. The molecule has 6 bridgehead atoms. The molecule has 2 aromatic heterocycles. The Labute approximate surface area is 238 Å². The standard InChI is InChI=1S/C33H22N9/c1-40-28-20-12-4-5-13-21(20)29(40)38-33-25-17-9-7-15-23(25)31-36-27-19-11-3-2-10-18(19)26(34-27)35-30-22-14-6-8-16-24(22)32(37-28)41(30)39-42(31)33/h2-3,6-17,39H,4-5H2,1H3/q+1. The van der Waals surface area contributed by atoms with Crippen LogP contribution in [0.15, 0.2) is 121 Å². The van der Waals surface area contributed by atoms with Crippen LogP contribution in [0.25, 0.3) is 21.5 Å². The summed E-state index contributed by atoms with van der Waals surface area (Å²) >= 11 is 0. The summed E-state index contributed by atoms with van der Waals surface area (Å²) in [4.78, 5) is 26.1. The van der Waals surface area contributed by atoms with Gasteiger partial charge >= 0.3 is 0 Å². The number of nitrogens with one attached hydrogen (secondary N) is 1. The topological polar surface area (TPSA) is 86.7 Å². The van der Waals surface area contributed by atoms with Crippen molar-refractivity contribution in [2.75, 3.05) is 12.6 Å². The predicted molar refractivity (Wildman–Crippen MR) is 164 cm³/mol. The highest BCUT2D eigenvalue weighted by Gasteiger charge is 2.38. The third kappa shape index (κ3) is 2.72. The van der Waals surface area contributed by atoms with Gasteiger partial charge in [0.1, 0.15) is 0 Å². The minimum absolute atomic E-state index is 0.630. The molecule has 9 nitrogen and oxygen atoms in total. The van der Waals surface area contributed by atoms with E-state index in [1.54, 1.807) is 0 Å². The smallest absolute Gasteiger partial charge is 0.229 e. The number of fused-ring (bicyclic) bond motifs is 14. The van der Waals surface area contributed by atoms with E-state index in [9.17, 15) is 0 Å². The molecule has 9 heteroatoms. The van der Waals surface area contributed by atoms with Gasteiger partial charge in [0.15, 0.2) is 23.0 Å². The highest BCUT2D eigenvalue weighted by molar-refractivity contribution is 6.24. The van der Waals surface area contributed by atoms with Crippen LogP contribution in [0, 0.1) is 0 Å². The highest BCUT2D eigenvalue weighted by Crippen LogP contribution is 2.40. The summed E-state index contributed by atoms with van der Waals surface area (Å²) < 4.78 is 6.05. The first-order valence-corrected chi connectivity index (χ1v) is 14.1. The summed E-state index contributed by atoms with van der Waals surface area (Å²) in [5.41, 5.74) is 9.28. The molecule has 0 amide bonds. The molecular formula is C33H22N9+. The summed E-state index contributed by atoms with van der Waals surface area (Å²) in [5.74, 6) is 4.48. The Kier molecular flexibility index (Phi) is 4.06. The van der Waals surface area contributed by atoms with Gasteiger partial charge in [-0.2, -0.15) is 9.35 Å². The quantitative estimate of drug-likeness (QED) is 0.287. The first-order valence-electron chi connectivity index (χ1n) is 14.1. The molecule has 198 valence electrons. The fourth-order valence-corrected chi connectivity index (χ4v) is 6.66. The summed E-state index contributed by atoms with van der Waals surface area (Å²) in [5, 5.41) is 3.93. The number of allylic oxidation sites excluding steroid dienone is 2. The van der Waals surface area contributed by atoms with Gasteiger partial charge in [-0.15, -0.1) is 0 Å². The zero-order valence-corrected chi connectivity index (χ0v) is 22.6. The lowest BCUT2D eigenvalue weighted by Crippen LogP contribution is -2.39. The molecule has 5 aliphatic rings. The van der Waals surface area contributed by atoms with Gasteiger partial charge in [0, 0.05) is 32.7 Å². The molecule has 5 aromatic rings. The lowest BCUT2D eigenvalue weighted by Gasteiger charge is -2.13. The molecule has 42 heavy (non-hydrogen) atoms. The number of rotatable bonds is 0. The van der Waals surface area contributed by atoms with Crippen LogP contribution < -0.4 is 16.5 Å². The maximum absolute atomic E-state index is 5.37. The van der Waals surface area contributed by atoms with E-state index >= 15 is 0 Å². The van der Waals surface area contributed by atoms with Crippen molar-refractivity contribution in [3.05, 3.63) is 118 Å². The van der Waals surface area contributed by atoms with Crippen LogP contribution in [0.2, 0.25) is 0 Å². The average Bonchev–Trinajstić information content (AvgIpc) is 3.70. The van der Waals surface area contributed by atoms with E-state index in [1.807, 2.05) is 45.8 Å². The molecular weight excluding hydrogens is 522 g/mol. The van der Waals surface area contributed by atoms with Crippen molar-refractivity contribution in [1.82, 2.24) is 9.35 Å². The van der Waals surface area contributed by atoms with Crippen LogP contribution in [0.4, 0.5) is 11.6 Å².